The summed E-state index contributed by atoms with van der Waals surface area (Å²) in [6.45, 7) is 4.46. The van der Waals surface area contributed by atoms with E-state index in [1.165, 1.54) is 38.8 Å². The quantitative estimate of drug-likeness (QED) is 0.922. The Morgan fingerprint density at radius 3 is 2.87 bits per heavy atom. The first kappa shape index (κ1) is 13.9. The second kappa shape index (κ2) is 4.77. The molecule has 0 radical (unpaired) electrons. The maximum Gasteiger partial charge on any atom is 0.251 e. The van der Waals surface area contributed by atoms with Crippen LogP contribution in [0.1, 0.15) is 41.0 Å². The first-order valence-corrected chi connectivity index (χ1v) is 9.40. The molecule has 120 valence electrons. The Morgan fingerprint density at radius 1 is 1.35 bits per heavy atom. The first-order valence-electron chi connectivity index (χ1n) is 8.59. The third-order valence-electron chi connectivity index (χ3n) is 6.03. The van der Waals surface area contributed by atoms with E-state index in [1.807, 2.05) is 25.1 Å². The average molecular weight is 327 g/mol. The largest absolute Gasteiger partial charge is 0.347 e. The van der Waals surface area contributed by atoms with E-state index in [4.69, 9.17) is 0 Å². The van der Waals surface area contributed by atoms with Crippen LogP contribution in [0.25, 0.3) is 10.2 Å². The van der Waals surface area contributed by atoms with Gasteiger partial charge in [-0.15, -0.1) is 11.3 Å². The Balaban J connectivity index is 1.42. The van der Waals surface area contributed by atoms with Crippen LogP contribution in [0.2, 0.25) is 0 Å². The number of nitrogens with zero attached hydrogens (tertiary/aromatic N) is 2. The van der Waals surface area contributed by atoms with Gasteiger partial charge in [-0.05, 0) is 69.8 Å². The normalized spacial score (nSPS) is 30.7. The van der Waals surface area contributed by atoms with Gasteiger partial charge < -0.3 is 5.32 Å². The highest BCUT2D eigenvalue weighted by Gasteiger charge is 2.60. The predicted molar refractivity (Wildman–Crippen MR) is 91.9 cm³/mol. The van der Waals surface area contributed by atoms with Gasteiger partial charge in [0.2, 0.25) is 0 Å². The van der Waals surface area contributed by atoms with E-state index in [9.17, 15) is 4.79 Å². The van der Waals surface area contributed by atoms with Crippen molar-refractivity contribution >= 4 is 27.5 Å². The van der Waals surface area contributed by atoms with Crippen molar-refractivity contribution in [3.05, 3.63) is 28.8 Å². The molecule has 4 aliphatic rings. The van der Waals surface area contributed by atoms with Crippen LogP contribution in [0.4, 0.5) is 0 Å². The van der Waals surface area contributed by atoms with Crippen molar-refractivity contribution in [2.24, 2.45) is 5.92 Å². The van der Waals surface area contributed by atoms with Gasteiger partial charge in [-0.25, -0.2) is 4.98 Å². The zero-order chi connectivity index (χ0) is 15.6. The van der Waals surface area contributed by atoms with Crippen LogP contribution in [0.3, 0.4) is 0 Å². The monoisotopic (exact) mass is 327 g/mol. The molecule has 6 rings (SSSR count). The molecule has 1 atom stereocenters. The highest BCUT2D eigenvalue weighted by atomic mass is 32.1. The highest BCUT2D eigenvalue weighted by molar-refractivity contribution is 7.18. The lowest BCUT2D eigenvalue weighted by Crippen LogP contribution is -2.65. The number of hydrogen-bond donors (Lipinski definition) is 1. The summed E-state index contributed by atoms with van der Waals surface area (Å²) in [5.41, 5.74) is 2.06. The number of amides is 1. The molecule has 1 aliphatic carbocycles. The highest BCUT2D eigenvalue weighted by Crippen LogP contribution is 2.53. The molecule has 1 spiro atoms. The molecule has 4 fully saturated rings. The lowest BCUT2D eigenvalue weighted by Gasteiger charge is -2.52. The summed E-state index contributed by atoms with van der Waals surface area (Å²) >= 11 is 1.65. The number of hydrogen-bond acceptors (Lipinski definition) is 4. The summed E-state index contributed by atoms with van der Waals surface area (Å²) in [4.78, 5) is 19.9. The Bertz CT molecular complexity index is 787. The Hall–Kier alpha value is -1.46. The molecular weight excluding hydrogens is 306 g/mol. The predicted octanol–water partition coefficient (Wildman–Crippen LogP) is 2.96. The molecule has 1 amide bonds. The van der Waals surface area contributed by atoms with Crippen LogP contribution >= 0.6 is 11.3 Å². The fourth-order valence-corrected chi connectivity index (χ4v) is 5.59. The summed E-state index contributed by atoms with van der Waals surface area (Å²) in [5.74, 6) is 0.754. The lowest BCUT2D eigenvalue weighted by atomic mass is 9.77. The van der Waals surface area contributed by atoms with Crippen LogP contribution in [-0.2, 0) is 0 Å². The maximum absolute atomic E-state index is 12.8. The third kappa shape index (κ3) is 2.06. The van der Waals surface area contributed by atoms with Crippen molar-refractivity contribution < 1.29 is 4.79 Å². The molecule has 1 aromatic heterocycles. The summed E-state index contributed by atoms with van der Waals surface area (Å²) < 4.78 is 1.10. The van der Waals surface area contributed by atoms with E-state index in [0.29, 0.717) is 17.5 Å². The zero-order valence-electron chi connectivity index (χ0n) is 13.3. The fraction of sp³-hybridized carbons (Fsp3) is 0.556. The van der Waals surface area contributed by atoms with Crippen molar-refractivity contribution in [3.8, 4) is 0 Å². The minimum atomic E-state index is 0.0861. The van der Waals surface area contributed by atoms with Crippen LogP contribution in [-0.4, -0.2) is 40.5 Å². The van der Waals surface area contributed by atoms with Crippen molar-refractivity contribution in [1.29, 1.82) is 0 Å². The molecule has 4 heterocycles. The number of thiazole rings is 1. The minimum Gasteiger partial charge on any atom is -0.347 e. The second-order valence-electron chi connectivity index (χ2n) is 7.29. The van der Waals surface area contributed by atoms with Crippen molar-refractivity contribution in [2.45, 2.75) is 44.2 Å². The molecule has 3 aliphatic heterocycles. The van der Waals surface area contributed by atoms with E-state index in [-0.39, 0.29) is 5.91 Å². The average Bonchev–Trinajstić information content (AvgIpc) is 3.24. The molecule has 4 nitrogen and oxygen atoms in total. The van der Waals surface area contributed by atoms with Crippen LogP contribution in [0, 0.1) is 12.8 Å². The zero-order valence-corrected chi connectivity index (χ0v) is 14.2. The number of aryl methyl sites for hydroxylation is 1. The van der Waals surface area contributed by atoms with E-state index < -0.39 is 0 Å². The van der Waals surface area contributed by atoms with Gasteiger partial charge in [0.25, 0.3) is 5.91 Å². The smallest absolute Gasteiger partial charge is 0.251 e. The summed E-state index contributed by atoms with van der Waals surface area (Å²) in [6, 6.07) is 6.22. The summed E-state index contributed by atoms with van der Waals surface area (Å²) in [6.07, 6.45) is 4.97. The number of carbonyl (C=O) groups is 1. The van der Waals surface area contributed by atoms with Gasteiger partial charge in [0, 0.05) is 11.1 Å². The van der Waals surface area contributed by atoms with E-state index in [2.05, 4.69) is 15.2 Å². The molecule has 5 heteroatoms. The first-order chi connectivity index (χ1) is 11.2. The Kier molecular flexibility index (Phi) is 2.89. The van der Waals surface area contributed by atoms with Crippen molar-refractivity contribution in [1.82, 2.24) is 15.2 Å². The molecule has 1 N–H and O–H groups in total. The van der Waals surface area contributed by atoms with E-state index in [1.54, 1.807) is 11.3 Å². The number of aromatic nitrogens is 1. The van der Waals surface area contributed by atoms with Gasteiger partial charge in [0.1, 0.15) is 0 Å². The Labute approximate surface area is 139 Å². The van der Waals surface area contributed by atoms with Gasteiger partial charge in [0.15, 0.2) is 0 Å². The number of rotatable bonds is 2. The maximum atomic E-state index is 12.8. The molecular formula is C18H21N3OS. The molecule has 1 saturated carbocycles. The van der Waals surface area contributed by atoms with E-state index in [0.717, 1.165) is 20.8 Å². The van der Waals surface area contributed by atoms with Gasteiger partial charge in [-0.3, -0.25) is 9.69 Å². The third-order valence-corrected chi connectivity index (χ3v) is 6.96. The molecule has 2 aromatic rings. The fourth-order valence-electron chi connectivity index (χ4n) is 4.73. The van der Waals surface area contributed by atoms with Gasteiger partial charge >= 0.3 is 0 Å². The van der Waals surface area contributed by atoms with Crippen molar-refractivity contribution in [3.63, 3.8) is 0 Å². The number of piperidine rings is 3. The summed E-state index contributed by atoms with van der Waals surface area (Å²) in [7, 11) is 0. The Morgan fingerprint density at radius 2 is 2.13 bits per heavy atom. The number of carbonyl (C=O) groups excluding carboxylic acids is 1. The van der Waals surface area contributed by atoms with Gasteiger partial charge in [-0.2, -0.15) is 0 Å². The van der Waals surface area contributed by atoms with Crippen molar-refractivity contribution in [2.75, 3.05) is 13.1 Å². The molecule has 2 bridgehead atoms. The topological polar surface area (TPSA) is 45.2 Å². The van der Waals surface area contributed by atoms with Gasteiger partial charge in [-0.1, -0.05) is 0 Å². The number of nitrogens with one attached hydrogen (secondary N) is 1. The molecule has 23 heavy (non-hydrogen) atoms. The molecule has 0 unspecified atom stereocenters. The van der Waals surface area contributed by atoms with Gasteiger partial charge in [0.05, 0.1) is 21.3 Å². The van der Waals surface area contributed by atoms with Crippen LogP contribution < -0.4 is 5.32 Å². The second-order valence-corrected chi connectivity index (χ2v) is 8.53. The minimum absolute atomic E-state index is 0.0861. The molecule has 3 saturated heterocycles. The summed E-state index contributed by atoms with van der Waals surface area (Å²) in [5, 5.41) is 4.44. The van der Waals surface area contributed by atoms with Crippen LogP contribution in [0.5, 0.6) is 0 Å². The standard InChI is InChI=1S/C18H21N3OS/c1-11-19-14-3-2-13(10-15(14)23-11)17(22)20-16-12-4-8-21(9-5-12)18(16)6-7-18/h2-3,10,12,16H,4-9H2,1H3,(H,20,22)/t16-/m0/s1. The number of benzene rings is 1. The van der Waals surface area contributed by atoms with Crippen LogP contribution in [0.15, 0.2) is 18.2 Å². The number of fused-ring (bicyclic) bond motifs is 3. The molecule has 1 aromatic carbocycles. The van der Waals surface area contributed by atoms with E-state index >= 15 is 0 Å². The SMILES string of the molecule is Cc1nc2ccc(C(=O)N[C@H]3C4CCN(CC4)C34CC4)cc2s1. The lowest BCUT2D eigenvalue weighted by molar-refractivity contribution is -0.00144.